The van der Waals surface area contributed by atoms with Crippen LogP contribution in [0.4, 0.5) is 0 Å². The molecule has 0 aliphatic heterocycles. The SMILES string of the molecule is CCOC(=O)CN(C(=O)Cc1cccs1)C1CC1. The first kappa shape index (κ1) is 13.1. The second-order valence-electron chi connectivity index (χ2n) is 4.31. The lowest BCUT2D eigenvalue weighted by Gasteiger charge is -2.21. The standard InChI is InChI=1S/C13H17NO3S/c1-2-17-13(16)9-14(10-5-6-10)12(15)8-11-4-3-7-18-11/h3-4,7,10H,2,5-6,8-9H2,1H3. The average molecular weight is 267 g/mol. The molecule has 5 heteroatoms. The van der Waals surface area contributed by atoms with Crippen LogP contribution in [0.1, 0.15) is 24.6 Å². The summed E-state index contributed by atoms with van der Waals surface area (Å²) in [4.78, 5) is 26.3. The Morgan fingerprint density at radius 3 is 2.83 bits per heavy atom. The largest absolute Gasteiger partial charge is 0.465 e. The van der Waals surface area contributed by atoms with Gasteiger partial charge < -0.3 is 9.64 Å². The van der Waals surface area contributed by atoms with E-state index in [0.29, 0.717) is 13.0 Å². The molecule has 1 fully saturated rings. The second-order valence-corrected chi connectivity index (χ2v) is 5.35. The summed E-state index contributed by atoms with van der Waals surface area (Å²) in [7, 11) is 0. The molecule has 1 saturated carbocycles. The highest BCUT2D eigenvalue weighted by Gasteiger charge is 2.34. The molecule has 98 valence electrons. The van der Waals surface area contributed by atoms with Crippen LogP contribution in [0, 0.1) is 0 Å². The van der Waals surface area contributed by atoms with Crippen LogP contribution in [0.15, 0.2) is 17.5 Å². The van der Waals surface area contributed by atoms with Gasteiger partial charge in [0.15, 0.2) is 0 Å². The number of ether oxygens (including phenoxy) is 1. The molecule has 1 aliphatic carbocycles. The molecule has 0 spiro atoms. The van der Waals surface area contributed by atoms with Crippen molar-refractivity contribution in [1.82, 2.24) is 4.90 Å². The van der Waals surface area contributed by atoms with Crippen molar-refractivity contribution in [3.05, 3.63) is 22.4 Å². The zero-order valence-electron chi connectivity index (χ0n) is 10.4. The van der Waals surface area contributed by atoms with Crippen LogP contribution >= 0.6 is 11.3 Å². The van der Waals surface area contributed by atoms with Crippen molar-refractivity contribution in [3.8, 4) is 0 Å². The number of hydrogen-bond donors (Lipinski definition) is 0. The Balaban J connectivity index is 1.92. The molecule has 1 aromatic heterocycles. The number of thiophene rings is 1. The topological polar surface area (TPSA) is 46.6 Å². The van der Waals surface area contributed by atoms with Crippen LogP contribution in [-0.2, 0) is 20.7 Å². The van der Waals surface area contributed by atoms with Crippen molar-refractivity contribution in [2.75, 3.05) is 13.2 Å². The second kappa shape index (κ2) is 6.00. The first-order valence-corrected chi connectivity index (χ1v) is 7.06. The van der Waals surface area contributed by atoms with E-state index in [9.17, 15) is 9.59 Å². The van der Waals surface area contributed by atoms with Crippen LogP contribution in [0.3, 0.4) is 0 Å². The summed E-state index contributed by atoms with van der Waals surface area (Å²) in [5, 5.41) is 1.95. The Labute approximate surface area is 111 Å². The van der Waals surface area contributed by atoms with Crippen LogP contribution in [-0.4, -0.2) is 36.0 Å². The highest BCUT2D eigenvalue weighted by atomic mass is 32.1. The smallest absolute Gasteiger partial charge is 0.325 e. The average Bonchev–Trinajstić information content (AvgIpc) is 3.05. The molecular formula is C13H17NO3S. The fourth-order valence-corrected chi connectivity index (χ4v) is 2.51. The lowest BCUT2D eigenvalue weighted by molar-refractivity contribution is -0.149. The zero-order chi connectivity index (χ0) is 13.0. The molecule has 1 amide bonds. The molecule has 0 bridgehead atoms. The summed E-state index contributed by atoms with van der Waals surface area (Å²) in [5.41, 5.74) is 0. The van der Waals surface area contributed by atoms with E-state index in [1.807, 2.05) is 17.5 Å². The molecule has 2 rings (SSSR count). The lowest BCUT2D eigenvalue weighted by Crippen LogP contribution is -2.39. The molecule has 0 saturated heterocycles. The van der Waals surface area contributed by atoms with Gasteiger partial charge in [0, 0.05) is 10.9 Å². The summed E-state index contributed by atoms with van der Waals surface area (Å²) < 4.78 is 4.91. The molecule has 1 heterocycles. The van der Waals surface area contributed by atoms with Gasteiger partial charge in [0.2, 0.25) is 5.91 Å². The molecule has 0 unspecified atom stereocenters. The first-order chi connectivity index (χ1) is 8.70. The Bertz CT molecular complexity index is 412. The van der Waals surface area contributed by atoms with Crippen LogP contribution in [0.2, 0.25) is 0 Å². The first-order valence-electron chi connectivity index (χ1n) is 6.18. The number of amides is 1. The van der Waals surface area contributed by atoms with E-state index in [1.165, 1.54) is 0 Å². The normalized spacial score (nSPS) is 14.3. The molecule has 4 nitrogen and oxygen atoms in total. The fourth-order valence-electron chi connectivity index (χ4n) is 1.82. The quantitative estimate of drug-likeness (QED) is 0.739. The van der Waals surface area contributed by atoms with E-state index < -0.39 is 0 Å². The van der Waals surface area contributed by atoms with Crippen LogP contribution in [0.25, 0.3) is 0 Å². The third-order valence-electron chi connectivity index (χ3n) is 2.82. The van der Waals surface area contributed by atoms with Gasteiger partial charge in [0.25, 0.3) is 0 Å². The minimum absolute atomic E-state index is 0.0213. The van der Waals surface area contributed by atoms with Gasteiger partial charge in [-0.15, -0.1) is 11.3 Å². The van der Waals surface area contributed by atoms with Crippen molar-refractivity contribution in [2.45, 2.75) is 32.2 Å². The Morgan fingerprint density at radius 2 is 2.28 bits per heavy atom. The van der Waals surface area contributed by atoms with Crippen molar-refractivity contribution in [2.24, 2.45) is 0 Å². The molecule has 0 radical (unpaired) electrons. The predicted molar refractivity (Wildman–Crippen MR) is 69.4 cm³/mol. The molecule has 18 heavy (non-hydrogen) atoms. The van der Waals surface area contributed by atoms with Gasteiger partial charge in [-0.1, -0.05) is 6.07 Å². The number of rotatable bonds is 6. The van der Waals surface area contributed by atoms with Crippen LogP contribution in [0.5, 0.6) is 0 Å². The van der Waals surface area contributed by atoms with Crippen molar-refractivity contribution < 1.29 is 14.3 Å². The maximum Gasteiger partial charge on any atom is 0.325 e. The summed E-state index contributed by atoms with van der Waals surface area (Å²) in [6, 6.07) is 4.11. The van der Waals surface area contributed by atoms with E-state index >= 15 is 0 Å². The summed E-state index contributed by atoms with van der Waals surface area (Å²) >= 11 is 1.57. The Hall–Kier alpha value is -1.36. The molecule has 0 aromatic carbocycles. The van der Waals surface area contributed by atoms with E-state index in [1.54, 1.807) is 23.2 Å². The summed E-state index contributed by atoms with van der Waals surface area (Å²) in [5.74, 6) is -0.295. The fraction of sp³-hybridized carbons (Fsp3) is 0.538. The summed E-state index contributed by atoms with van der Waals surface area (Å²) in [6.45, 7) is 2.21. The highest BCUT2D eigenvalue weighted by molar-refractivity contribution is 7.10. The minimum atomic E-state index is -0.316. The van der Waals surface area contributed by atoms with Gasteiger partial charge >= 0.3 is 5.97 Å². The maximum atomic E-state index is 12.2. The van der Waals surface area contributed by atoms with Gasteiger partial charge in [-0.3, -0.25) is 9.59 Å². The predicted octanol–water partition coefficient (Wildman–Crippen LogP) is 1.84. The van der Waals surface area contributed by atoms with E-state index in [2.05, 4.69) is 0 Å². The number of hydrogen-bond acceptors (Lipinski definition) is 4. The number of nitrogens with zero attached hydrogens (tertiary/aromatic N) is 1. The van der Waals surface area contributed by atoms with Gasteiger partial charge in [-0.05, 0) is 31.2 Å². The number of carbonyl (C=O) groups is 2. The third kappa shape index (κ3) is 3.57. The molecule has 0 atom stereocenters. The van der Waals surface area contributed by atoms with Crippen LogP contribution < -0.4 is 0 Å². The Kier molecular flexibility index (Phi) is 4.36. The van der Waals surface area contributed by atoms with E-state index in [4.69, 9.17) is 4.74 Å². The van der Waals surface area contributed by atoms with Gasteiger partial charge in [-0.25, -0.2) is 0 Å². The molecule has 1 aromatic rings. The lowest BCUT2D eigenvalue weighted by atomic mass is 10.3. The van der Waals surface area contributed by atoms with E-state index in [-0.39, 0.29) is 24.5 Å². The monoisotopic (exact) mass is 267 g/mol. The Morgan fingerprint density at radius 1 is 1.50 bits per heavy atom. The number of esters is 1. The highest BCUT2D eigenvalue weighted by Crippen LogP contribution is 2.27. The zero-order valence-corrected chi connectivity index (χ0v) is 11.2. The summed E-state index contributed by atoms with van der Waals surface area (Å²) in [6.07, 6.45) is 2.37. The molecule has 0 N–H and O–H groups in total. The van der Waals surface area contributed by atoms with Crippen molar-refractivity contribution in [3.63, 3.8) is 0 Å². The van der Waals surface area contributed by atoms with Gasteiger partial charge in [0.1, 0.15) is 6.54 Å². The third-order valence-corrected chi connectivity index (χ3v) is 3.69. The number of carbonyl (C=O) groups excluding carboxylic acids is 2. The maximum absolute atomic E-state index is 12.2. The van der Waals surface area contributed by atoms with E-state index in [0.717, 1.165) is 17.7 Å². The molecular weight excluding hydrogens is 250 g/mol. The minimum Gasteiger partial charge on any atom is -0.465 e. The van der Waals surface area contributed by atoms with Gasteiger partial charge in [-0.2, -0.15) is 0 Å². The molecule has 1 aliphatic rings. The van der Waals surface area contributed by atoms with Crippen molar-refractivity contribution >= 4 is 23.2 Å². The van der Waals surface area contributed by atoms with Crippen molar-refractivity contribution in [1.29, 1.82) is 0 Å². The van der Waals surface area contributed by atoms with Gasteiger partial charge in [0.05, 0.1) is 13.0 Å².